The largest absolute Gasteiger partial charge is 0.493 e. The quantitative estimate of drug-likeness (QED) is 0.327. The number of fused-ring (bicyclic) bond motifs is 1. The van der Waals surface area contributed by atoms with Crippen LogP contribution in [-0.2, 0) is 4.79 Å². The van der Waals surface area contributed by atoms with Crippen LogP contribution in [0.5, 0.6) is 11.5 Å². The van der Waals surface area contributed by atoms with Crippen molar-refractivity contribution in [2.45, 2.75) is 13.3 Å². The van der Waals surface area contributed by atoms with Crippen LogP contribution in [-0.4, -0.2) is 29.5 Å². The summed E-state index contributed by atoms with van der Waals surface area (Å²) < 4.78 is 11.6. The van der Waals surface area contributed by atoms with Gasteiger partial charge in [-0.05, 0) is 36.3 Å². The van der Waals surface area contributed by atoms with E-state index in [1.807, 2.05) is 13.0 Å². The maximum Gasteiger partial charge on any atom is 0.270 e. The summed E-state index contributed by atoms with van der Waals surface area (Å²) in [6.45, 7) is 2.62. The second kappa shape index (κ2) is 9.16. The molecule has 0 aliphatic heterocycles. The third-order valence-corrected chi connectivity index (χ3v) is 4.82. The molecular formula is C20H19N3O5S. The zero-order valence-electron chi connectivity index (χ0n) is 15.9. The van der Waals surface area contributed by atoms with Gasteiger partial charge < -0.3 is 9.47 Å². The van der Waals surface area contributed by atoms with Crippen LogP contribution in [0.4, 0.5) is 10.8 Å². The zero-order chi connectivity index (χ0) is 20.8. The van der Waals surface area contributed by atoms with Crippen molar-refractivity contribution in [1.82, 2.24) is 4.98 Å². The Balaban J connectivity index is 1.69. The highest BCUT2D eigenvalue weighted by molar-refractivity contribution is 7.22. The molecule has 8 nitrogen and oxygen atoms in total. The number of aromatic nitrogens is 1. The van der Waals surface area contributed by atoms with Crippen molar-refractivity contribution in [2.75, 3.05) is 19.0 Å². The number of rotatable bonds is 8. The first-order chi connectivity index (χ1) is 14.0. The van der Waals surface area contributed by atoms with E-state index in [1.54, 1.807) is 31.4 Å². The van der Waals surface area contributed by atoms with E-state index >= 15 is 0 Å². The van der Waals surface area contributed by atoms with E-state index in [2.05, 4.69) is 10.3 Å². The molecule has 3 aromatic rings. The van der Waals surface area contributed by atoms with Crippen LogP contribution < -0.4 is 14.8 Å². The maximum absolute atomic E-state index is 12.2. The van der Waals surface area contributed by atoms with Crippen molar-refractivity contribution < 1.29 is 19.2 Å². The molecule has 1 N–H and O–H groups in total. The summed E-state index contributed by atoms with van der Waals surface area (Å²) in [6.07, 6.45) is 3.93. The summed E-state index contributed by atoms with van der Waals surface area (Å²) in [5.74, 6) is 0.886. The van der Waals surface area contributed by atoms with E-state index in [0.29, 0.717) is 33.5 Å². The number of nitrogens with one attached hydrogen (secondary N) is 1. The van der Waals surface area contributed by atoms with Gasteiger partial charge in [0, 0.05) is 18.2 Å². The molecule has 1 heterocycles. The number of carbonyl (C=O) groups is 1. The van der Waals surface area contributed by atoms with Gasteiger partial charge in [0.2, 0.25) is 5.91 Å². The predicted octanol–water partition coefficient (Wildman–Crippen LogP) is 4.65. The van der Waals surface area contributed by atoms with E-state index in [4.69, 9.17) is 9.47 Å². The number of ether oxygens (including phenoxy) is 2. The fourth-order valence-corrected chi connectivity index (χ4v) is 3.42. The average Bonchev–Trinajstić information content (AvgIpc) is 3.12. The number of hydrogen-bond acceptors (Lipinski definition) is 7. The first-order valence-corrected chi connectivity index (χ1v) is 9.66. The van der Waals surface area contributed by atoms with Gasteiger partial charge in [-0.1, -0.05) is 24.3 Å². The molecule has 0 spiro atoms. The number of nitrogens with zero attached hydrogens (tertiary/aromatic N) is 2. The fourth-order valence-electron chi connectivity index (χ4n) is 2.52. The molecule has 1 aromatic heterocycles. The van der Waals surface area contributed by atoms with Gasteiger partial charge >= 0.3 is 0 Å². The van der Waals surface area contributed by atoms with E-state index in [9.17, 15) is 14.9 Å². The lowest BCUT2D eigenvalue weighted by atomic mass is 10.2. The minimum atomic E-state index is -0.465. The Bertz CT molecular complexity index is 1080. The molecule has 0 saturated carbocycles. The minimum absolute atomic E-state index is 0.0146. The number of hydrogen-bond donors (Lipinski definition) is 1. The van der Waals surface area contributed by atoms with Crippen LogP contribution in [0.2, 0.25) is 0 Å². The molecule has 0 fully saturated rings. The summed E-state index contributed by atoms with van der Waals surface area (Å²) in [4.78, 5) is 26.9. The summed E-state index contributed by atoms with van der Waals surface area (Å²) >= 11 is 1.18. The normalized spacial score (nSPS) is 11.0. The number of anilines is 1. The highest BCUT2D eigenvalue weighted by Crippen LogP contribution is 2.30. The van der Waals surface area contributed by atoms with Crippen LogP contribution in [0.3, 0.4) is 0 Å². The van der Waals surface area contributed by atoms with Gasteiger partial charge in [0.05, 0.1) is 28.9 Å². The number of benzene rings is 2. The Morgan fingerprint density at radius 3 is 2.83 bits per heavy atom. The summed E-state index contributed by atoms with van der Waals surface area (Å²) in [5, 5.41) is 13.9. The van der Waals surface area contributed by atoms with Crippen molar-refractivity contribution in [2.24, 2.45) is 0 Å². The van der Waals surface area contributed by atoms with Crippen molar-refractivity contribution in [1.29, 1.82) is 0 Å². The molecule has 2 aromatic carbocycles. The van der Waals surface area contributed by atoms with Crippen LogP contribution >= 0.6 is 11.3 Å². The van der Waals surface area contributed by atoms with Gasteiger partial charge in [0.15, 0.2) is 16.6 Å². The summed E-state index contributed by atoms with van der Waals surface area (Å²) in [6, 6.07) is 9.79. The Kier molecular flexibility index (Phi) is 6.40. The van der Waals surface area contributed by atoms with E-state index in [1.165, 1.54) is 29.5 Å². The number of non-ortho nitro benzene ring substituents is 1. The average molecular weight is 413 g/mol. The van der Waals surface area contributed by atoms with Crippen molar-refractivity contribution in [3.8, 4) is 11.5 Å². The van der Waals surface area contributed by atoms with E-state index < -0.39 is 4.92 Å². The molecule has 9 heteroatoms. The Labute approximate surface area is 170 Å². The SMILES string of the molecule is CCCOc1ccc(C=CC(=O)Nc2nc3ccc([N+](=O)[O-])cc3s2)cc1OC. The van der Waals surface area contributed by atoms with Crippen LogP contribution in [0.1, 0.15) is 18.9 Å². The number of thiazole rings is 1. The second-order valence-electron chi connectivity index (χ2n) is 6.01. The summed E-state index contributed by atoms with van der Waals surface area (Å²) in [7, 11) is 1.56. The van der Waals surface area contributed by atoms with Gasteiger partial charge in [-0.3, -0.25) is 20.2 Å². The molecule has 3 rings (SSSR count). The molecule has 0 atom stereocenters. The molecule has 0 saturated heterocycles. The first-order valence-electron chi connectivity index (χ1n) is 8.85. The monoisotopic (exact) mass is 413 g/mol. The van der Waals surface area contributed by atoms with Crippen molar-refractivity contribution >= 4 is 44.4 Å². The second-order valence-corrected chi connectivity index (χ2v) is 7.04. The lowest BCUT2D eigenvalue weighted by molar-refractivity contribution is -0.384. The van der Waals surface area contributed by atoms with Crippen LogP contribution in [0.25, 0.3) is 16.3 Å². The minimum Gasteiger partial charge on any atom is -0.493 e. The molecule has 0 aliphatic rings. The molecular weight excluding hydrogens is 394 g/mol. The van der Waals surface area contributed by atoms with E-state index in [-0.39, 0.29) is 11.6 Å². The first kappa shape index (κ1) is 20.3. The smallest absolute Gasteiger partial charge is 0.270 e. The standard InChI is InChI=1S/C20H19N3O5S/c1-3-10-28-16-8-4-13(11-17(16)27-2)5-9-19(24)22-20-21-15-7-6-14(23(25)26)12-18(15)29-20/h4-9,11-12H,3,10H2,1-2H3,(H,21,22,24). The molecule has 0 radical (unpaired) electrons. The Morgan fingerprint density at radius 2 is 2.10 bits per heavy atom. The predicted molar refractivity (Wildman–Crippen MR) is 113 cm³/mol. The van der Waals surface area contributed by atoms with Crippen LogP contribution in [0, 0.1) is 10.1 Å². The number of carbonyl (C=O) groups excluding carboxylic acids is 1. The number of nitro groups is 1. The van der Waals surface area contributed by atoms with Gasteiger partial charge in [0.1, 0.15) is 0 Å². The molecule has 0 bridgehead atoms. The molecule has 1 amide bonds. The summed E-state index contributed by atoms with van der Waals surface area (Å²) in [5.41, 5.74) is 1.35. The van der Waals surface area contributed by atoms with E-state index in [0.717, 1.165) is 12.0 Å². The van der Waals surface area contributed by atoms with Crippen molar-refractivity contribution in [3.63, 3.8) is 0 Å². The third kappa shape index (κ3) is 5.08. The Morgan fingerprint density at radius 1 is 1.28 bits per heavy atom. The molecule has 29 heavy (non-hydrogen) atoms. The molecule has 150 valence electrons. The highest BCUT2D eigenvalue weighted by Gasteiger charge is 2.11. The van der Waals surface area contributed by atoms with Gasteiger partial charge in [-0.25, -0.2) is 4.98 Å². The van der Waals surface area contributed by atoms with Gasteiger partial charge in [-0.15, -0.1) is 0 Å². The lowest BCUT2D eigenvalue weighted by Gasteiger charge is -2.10. The lowest BCUT2D eigenvalue weighted by Crippen LogP contribution is -2.07. The highest BCUT2D eigenvalue weighted by atomic mass is 32.1. The van der Waals surface area contributed by atoms with Gasteiger partial charge in [-0.2, -0.15) is 0 Å². The number of methoxy groups -OCH3 is 1. The number of nitro benzene ring substituents is 1. The topological polar surface area (TPSA) is 104 Å². The fraction of sp³-hybridized carbons (Fsp3) is 0.200. The third-order valence-electron chi connectivity index (χ3n) is 3.89. The molecule has 0 unspecified atom stereocenters. The maximum atomic E-state index is 12.2. The molecule has 0 aliphatic carbocycles. The Hall–Kier alpha value is -3.46. The number of amides is 1. The zero-order valence-corrected chi connectivity index (χ0v) is 16.7. The van der Waals surface area contributed by atoms with Crippen molar-refractivity contribution in [3.05, 3.63) is 58.2 Å². The van der Waals surface area contributed by atoms with Gasteiger partial charge in [0.25, 0.3) is 5.69 Å². The van der Waals surface area contributed by atoms with Crippen LogP contribution in [0.15, 0.2) is 42.5 Å².